The zero-order valence-corrected chi connectivity index (χ0v) is 13.7. The van der Waals surface area contributed by atoms with E-state index in [1.54, 1.807) is 16.9 Å². The van der Waals surface area contributed by atoms with Gasteiger partial charge in [-0.1, -0.05) is 0 Å². The van der Waals surface area contributed by atoms with Crippen LogP contribution in [0.2, 0.25) is 0 Å². The zero-order chi connectivity index (χ0) is 17.5. The molecule has 3 aromatic rings. The molecule has 0 atom stereocenters. The highest BCUT2D eigenvalue weighted by Gasteiger charge is 2.17. The normalized spacial score (nSPS) is 12.0. The van der Waals surface area contributed by atoms with Crippen molar-refractivity contribution in [3.63, 3.8) is 0 Å². The van der Waals surface area contributed by atoms with Gasteiger partial charge in [-0.15, -0.1) is 0 Å². The smallest absolute Gasteiger partial charge is 0.262 e. The number of halogens is 2. The first-order valence-electron chi connectivity index (χ1n) is 7.08. The largest absolute Gasteiger partial charge is 0.278 e. The predicted octanol–water partition coefficient (Wildman–Crippen LogP) is 3.09. The second kappa shape index (κ2) is 5.82. The summed E-state index contributed by atoms with van der Waals surface area (Å²) >= 11 is 0. The summed E-state index contributed by atoms with van der Waals surface area (Å²) in [6, 6.07) is 3.75. The van der Waals surface area contributed by atoms with E-state index in [-0.39, 0.29) is 11.7 Å². The van der Waals surface area contributed by atoms with Gasteiger partial charge in [0.2, 0.25) is 0 Å². The molecular weight excluding hydrogens is 338 g/mol. The molecule has 0 saturated heterocycles. The van der Waals surface area contributed by atoms with Gasteiger partial charge in [-0.25, -0.2) is 26.9 Å². The number of rotatable bonds is 4. The molecule has 1 N–H and O–H groups in total. The van der Waals surface area contributed by atoms with E-state index in [0.29, 0.717) is 17.1 Å². The molecule has 0 unspecified atom stereocenters. The second-order valence-corrected chi connectivity index (χ2v) is 7.21. The van der Waals surface area contributed by atoms with Crippen LogP contribution in [0.25, 0.3) is 11.0 Å². The van der Waals surface area contributed by atoms with Gasteiger partial charge in [0.25, 0.3) is 10.0 Å². The Balaban J connectivity index is 1.96. The van der Waals surface area contributed by atoms with Crippen LogP contribution in [0, 0.1) is 11.6 Å². The Morgan fingerprint density at radius 3 is 2.38 bits per heavy atom. The van der Waals surface area contributed by atoms with Crippen LogP contribution in [0.1, 0.15) is 19.9 Å². The van der Waals surface area contributed by atoms with E-state index in [4.69, 9.17) is 0 Å². The van der Waals surface area contributed by atoms with Gasteiger partial charge in [-0.2, -0.15) is 5.10 Å². The molecular formula is C15H14F2N4O2S. The SMILES string of the molecule is CC(C)n1ncc2cc(NS(=O)(=O)c3cc(F)cc(F)c3)cnc21. The van der Waals surface area contributed by atoms with Crippen molar-refractivity contribution in [2.45, 2.75) is 24.8 Å². The Labute approximate surface area is 137 Å². The quantitative estimate of drug-likeness (QED) is 0.783. The van der Waals surface area contributed by atoms with E-state index in [1.165, 1.54) is 6.20 Å². The molecule has 6 nitrogen and oxygen atoms in total. The Morgan fingerprint density at radius 1 is 1.08 bits per heavy atom. The maximum Gasteiger partial charge on any atom is 0.262 e. The van der Waals surface area contributed by atoms with E-state index < -0.39 is 26.6 Å². The standard InChI is InChI=1S/C15H14F2N4O2S/c1-9(2)21-15-10(7-19-21)3-13(8-18-15)20-24(22,23)14-5-11(16)4-12(17)6-14/h3-9,20H,1-2H3. The summed E-state index contributed by atoms with van der Waals surface area (Å²) in [6.45, 7) is 3.90. The van der Waals surface area contributed by atoms with Crippen molar-refractivity contribution < 1.29 is 17.2 Å². The molecule has 2 heterocycles. The maximum atomic E-state index is 13.2. The molecule has 3 rings (SSSR count). The molecule has 0 fully saturated rings. The highest BCUT2D eigenvalue weighted by molar-refractivity contribution is 7.92. The van der Waals surface area contributed by atoms with E-state index in [9.17, 15) is 17.2 Å². The first-order valence-corrected chi connectivity index (χ1v) is 8.57. The number of aromatic nitrogens is 3. The van der Waals surface area contributed by atoms with Gasteiger partial charge in [0, 0.05) is 17.5 Å². The minimum absolute atomic E-state index is 0.104. The lowest BCUT2D eigenvalue weighted by Gasteiger charge is -2.09. The highest BCUT2D eigenvalue weighted by Crippen LogP contribution is 2.22. The summed E-state index contributed by atoms with van der Waals surface area (Å²) in [5.74, 6) is -1.94. The molecule has 0 aliphatic rings. The molecule has 9 heteroatoms. The van der Waals surface area contributed by atoms with Crippen LogP contribution in [0.15, 0.2) is 41.6 Å². The van der Waals surface area contributed by atoms with Gasteiger partial charge in [-0.05, 0) is 32.0 Å². The van der Waals surface area contributed by atoms with E-state index in [0.717, 1.165) is 12.1 Å². The fourth-order valence-electron chi connectivity index (χ4n) is 2.27. The van der Waals surface area contributed by atoms with Crippen LogP contribution >= 0.6 is 0 Å². The number of nitrogens with one attached hydrogen (secondary N) is 1. The van der Waals surface area contributed by atoms with Crippen molar-refractivity contribution in [2.75, 3.05) is 4.72 Å². The van der Waals surface area contributed by atoms with Gasteiger partial charge in [0.15, 0.2) is 5.65 Å². The van der Waals surface area contributed by atoms with Crippen molar-refractivity contribution >= 4 is 26.7 Å². The fraction of sp³-hybridized carbons (Fsp3) is 0.200. The van der Waals surface area contributed by atoms with Gasteiger partial charge >= 0.3 is 0 Å². The van der Waals surface area contributed by atoms with Crippen LogP contribution in [0.5, 0.6) is 0 Å². The first kappa shape index (κ1) is 16.3. The maximum absolute atomic E-state index is 13.2. The number of hydrogen-bond donors (Lipinski definition) is 1. The third-order valence-electron chi connectivity index (χ3n) is 3.32. The van der Waals surface area contributed by atoms with Gasteiger partial charge < -0.3 is 0 Å². The summed E-state index contributed by atoms with van der Waals surface area (Å²) in [5.41, 5.74) is 0.792. The molecule has 0 saturated carbocycles. The van der Waals surface area contributed by atoms with Crippen molar-refractivity contribution in [2.24, 2.45) is 0 Å². The first-order chi connectivity index (χ1) is 11.3. The molecule has 126 valence electrons. The summed E-state index contributed by atoms with van der Waals surface area (Å²) < 4.78 is 54.9. The summed E-state index contributed by atoms with van der Waals surface area (Å²) in [5, 5.41) is 4.84. The number of sulfonamides is 1. The minimum atomic E-state index is -4.13. The molecule has 0 amide bonds. The lowest BCUT2D eigenvalue weighted by Crippen LogP contribution is -2.14. The molecule has 0 aliphatic heterocycles. The lowest BCUT2D eigenvalue weighted by atomic mass is 10.3. The minimum Gasteiger partial charge on any atom is -0.278 e. The fourth-order valence-corrected chi connectivity index (χ4v) is 3.35. The van der Waals surface area contributed by atoms with Crippen molar-refractivity contribution in [1.82, 2.24) is 14.8 Å². The van der Waals surface area contributed by atoms with Gasteiger partial charge in [-0.3, -0.25) is 4.72 Å². The summed E-state index contributed by atoms with van der Waals surface area (Å²) in [4.78, 5) is 3.70. The molecule has 24 heavy (non-hydrogen) atoms. The summed E-state index contributed by atoms with van der Waals surface area (Å²) in [6.07, 6.45) is 2.90. The predicted molar refractivity (Wildman–Crippen MR) is 85.1 cm³/mol. The van der Waals surface area contributed by atoms with E-state index >= 15 is 0 Å². The van der Waals surface area contributed by atoms with Crippen molar-refractivity contribution in [3.05, 3.63) is 48.3 Å². The van der Waals surface area contributed by atoms with Crippen LogP contribution in [0.4, 0.5) is 14.5 Å². The van der Waals surface area contributed by atoms with E-state index in [2.05, 4.69) is 14.8 Å². The second-order valence-electron chi connectivity index (χ2n) is 5.53. The Kier molecular flexibility index (Phi) is 3.96. The van der Waals surface area contributed by atoms with Crippen LogP contribution in [-0.2, 0) is 10.0 Å². The zero-order valence-electron chi connectivity index (χ0n) is 12.9. The monoisotopic (exact) mass is 352 g/mol. The van der Waals surface area contributed by atoms with Crippen LogP contribution in [0.3, 0.4) is 0 Å². The third-order valence-corrected chi connectivity index (χ3v) is 4.68. The molecule has 1 aromatic carbocycles. The van der Waals surface area contributed by atoms with Crippen molar-refractivity contribution in [1.29, 1.82) is 0 Å². The number of fused-ring (bicyclic) bond motifs is 1. The number of pyridine rings is 1. The topological polar surface area (TPSA) is 76.9 Å². The average Bonchev–Trinajstić information content (AvgIpc) is 2.89. The van der Waals surface area contributed by atoms with Gasteiger partial charge in [0.1, 0.15) is 11.6 Å². The number of anilines is 1. The summed E-state index contributed by atoms with van der Waals surface area (Å²) in [7, 11) is -4.13. The number of nitrogens with zero attached hydrogens (tertiary/aromatic N) is 3. The Morgan fingerprint density at radius 2 is 1.75 bits per heavy atom. The molecule has 0 radical (unpaired) electrons. The van der Waals surface area contributed by atoms with Gasteiger partial charge in [0.05, 0.1) is 23.0 Å². The Bertz CT molecular complexity index is 995. The van der Waals surface area contributed by atoms with Crippen LogP contribution < -0.4 is 4.72 Å². The van der Waals surface area contributed by atoms with Crippen LogP contribution in [-0.4, -0.2) is 23.2 Å². The highest BCUT2D eigenvalue weighted by atomic mass is 32.2. The third kappa shape index (κ3) is 3.07. The molecule has 0 aliphatic carbocycles. The number of hydrogen-bond acceptors (Lipinski definition) is 4. The molecule has 0 spiro atoms. The Hall–Kier alpha value is -2.55. The average molecular weight is 352 g/mol. The molecule has 0 bridgehead atoms. The lowest BCUT2D eigenvalue weighted by molar-refractivity contribution is 0.546. The van der Waals surface area contributed by atoms with E-state index in [1.807, 2.05) is 13.8 Å². The number of benzene rings is 1. The molecule has 2 aromatic heterocycles. The van der Waals surface area contributed by atoms with Crippen molar-refractivity contribution in [3.8, 4) is 0 Å².